The van der Waals surface area contributed by atoms with E-state index >= 15 is 0 Å². The number of hydrogen-bond donors (Lipinski definition) is 1. The van der Waals surface area contributed by atoms with E-state index in [4.69, 9.17) is 9.47 Å². The average Bonchev–Trinajstić information content (AvgIpc) is 2.33. The second kappa shape index (κ2) is 7.70. The molecule has 1 heterocycles. The lowest BCUT2D eigenvalue weighted by Gasteiger charge is -2.31. The Balaban J connectivity index is 2.51. The number of nitrogens with one attached hydrogen (secondary N) is 1. The van der Waals surface area contributed by atoms with Crippen molar-refractivity contribution in [3.05, 3.63) is 0 Å². The quantitative estimate of drug-likeness (QED) is 0.830. The first-order valence-electron chi connectivity index (χ1n) is 7.10. The van der Waals surface area contributed by atoms with Gasteiger partial charge < -0.3 is 19.7 Å². The van der Waals surface area contributed by atoms with E-state index in [1.165, 1.54) is 0 Å². The van der Waals surface area contributed by atoms with Crippen molar-refractivity contribution in [1.82, 2.24) is 10.2 Å². The van der Waals surface area contributed by atoms with Gasteiger partial charge in [0.1, 0.15) is 5.60 Å². The Morgan fingerprint density at radius 2 is 1.95 bits per heavy atom. The van der Waals surface area contributed by atoms with Gasteiger partial charge in [0, 0.05) is 20.2 Å². The monoisotopic (exact) mass is 272 g/mol. The maximum absolute atomic E-state index is 12.2. The molecule has 5 nitrogen and oxygen atoms in total. The highest BCUT2D eigenvalue weighted by Crippen LogP contribution is 2.16. The molecule has 0 spiro atoms. The van der Waals surface area contributed by atoms with Gasteiger partial charge in [0.25, 0.3) is 0 Å². The van der Waals surface area contributed by atoms with Gasteiger partial charge in [-0.05, 0) is 52.6 Å². The number of piperidine rings is 1. The van der Waals surface area contributed by atoms with E-state index in [0.717, 1.165) is 32.5 Å². The lowest BCUT2D eigenvalue weighted by Crippen LogP contribution is -2.43. The number of amides is 1. The number of rotatable bonds is 5. The van der Waals surface area contributed by atoms with Gasteiger partial charge in [0.2, 0.25) is 0 Å². The molecule has 112 valence electrons. The van der Waals surface area contributed by atoms with Crippen LogP contribution in [0.2, 0.25) is 0 Å². The Hall–Kier alpha value is -0.810. The molecule has 19 heavy (non-hydrogen) atoms. The third-order valence-electron chi connectivity index (χ3n) is 3.15. The first-order valence-corrected chi connectivity index (χ1v) is 7.10. The van der Waals surface area contributed by atoms with Gasteiger partial charge in [-0.25, -0.2) is 4.79 Å². The van der Waals surface area contributed by atoms with Gasteiger partial charge >= 0.3 is 6.09 Å². The normalized spacial score (nSPS) is 17.3. The summed E-state index contributed by atoms with van der Waals surface area (Å²) in [4.78, 5) is 14.0. The molecular formula is C14H28N2O3. The first kappa shape index (κ1) is 16.2. The van der Waals surface area contributed by atoms with E-state index in [-0.39, 0.29) is 6.09 Å². The van der Waals surface area contributed by atoms with Crippen molar-refractivity contribution >= 4 is 6.09 Å². The van der Waals surface area contributed by atoms with Gasteiger partial charge in [-0.3, -0.25) is 0 Å². The van der Waals surface area contributed by atoms with Gasteiger partial charge in [-0.15, -0.1) is 0 Å². The van der Waals surface area contributed by atoms with Crippen molar-refractivity contribution in [2.45, 2.75) is 39.2 Å². The van der Waals surface area contributed by atoms with Crippen molar-refractivity contribution in [2.75, 3.05) is 39.9 Å². The molecule has 5 heteroatoms. The van der Waals surface area contributed by atoms with Crippen LogP contribution in [-0.4, -0.2) is 56.5 Å². The van der Waals surface area contributed by atoms with E-state index in [0.29, 0.717) is 19.1 Å². The fourth-order valence-corrected chi connectivity index (χ4v) is 2.16. The van der Waals surface area contributed by atoms with Crippen LogP contribution in [0.3, 0.4) is 0 Å². The minimum Gasteiger partial charge on any atom is -0.444 e. The van der Waals surface area contributed by atoms with Crippen molar-refractivity contribution in [2.24, 2.45) is 5.92 Å². The molecule has 0 radical (unpaired) electrons. The molecule has 0 unspecified atom stereocenters. The maximum atomic E-state index is 12.2. The second-order valence-corrected chi connectivity index (χ2v) is 6.11. The van der Waals surface area contributed by atoms with Crippen LogP contribution in [0.25, 0.3) is 0 Å². The summed E-state index contributed by atoms with van der Waals surface area (Å²) < 4.78 is 10.5. The van der Waals surface area contributed by atoms with Crippen LogP contribution in [-0.2, 0) is 9.47 Å². The summed E-state index contributed by atoms with van der Waals surface area (Å²) in [7, 11) is 1.65. The molecule has 1 aliphatic rings. The van der Waals surface area contributed by atoms with Crippen molar-refractivity contribution < 1.29 is 14.3 Å². The van der Waals surface area contributed by atoms with Crippen LogP contribution in [0, 0.1) is 5.92 Å². The molecule has 1 saturated heterocycles. The molecule has 0 bridgehead atoms. The summed E-state index contributed by atoms with van der Waals surface area (Å²) in [5.41, 5.74) is -0.448. The Bertz CT molecular complexity index is 270. The number of nitrogens with zero attached hydrogens (tertiary/aromatic N) is 1. The zero-order valence-corrected chi connectivity index (χ0v) is 12.7. The fraction of sp³-hybridized carbons (Fsp3) is 0.929. The van der Waals surface area contributed by atoms with Crippen molar-refractivity contribution in [1.29, 1.82) is 0 Å². The highest BCUT2D eigenvalue weighted by Gasteiger charge is 2.25. The molecule has 0 saturated carbocycles. The minimum absolute atomic E-state index is 0.233. The fourth-order valence-electron chi connectivity index (χ4n) is 2.16. The number of carbonyl (C=O) groups excluding carboxylic acids is 1. The summed E-state index contributed by atoms with van der Waals surface area (Å²) >= 11 is 0. The number of ether oxygens (including phenoxy) is 2. The molecule has 0 aliphatic carbocycles. The van der Waals surface area contributed by atoms with Gasteiger partial charge in [0.05, 0.1) is 6.61 Å². The van der Waals surface area contributed by atoms with Crippen LogP contribution in [0.15, 0.2) is 0 Å². The van der Waals surface area contributed by atoms with E-state index in [9.17, 15) is 4.79 Å². The maximum Gasteiger partial charge on any atom is 0.410 e. The van der Waals surface area contributed by atoms with E-state index in [1.54, 1.807) is 12.0 Å². The van der Waals surface area contributed by atoms with Crippen molar-refractivity contribution in [3.8, 4) is 0 Å². The lowest BCUT2D eigenvalue weighted by atomic mass is 9.98. The predicted molar refractivity (Wildman–Crippen MR) is 75.3 cm³/mol. The summed E-state index contributed by atoms with van der Waals surface area (Å²) in [6.07, 6.45) is 2.00. The molecule has 1 N–H and O–H groups in total. The molecule has 0 aromatic rings. The molecule has 0 aromatic heterocycles. The van der Waals surface area contributed by atoms with Crippen LogP contribution in [0.4, 0.5) is 4.79 Å². The summed E-state index contributed by atoms with van der Waals surface area (Å²) in [6, 6.07) is 0. The lowest BCUT2D eigenvalue weighted by molar-refractivity contribution is 0.0159. The zero-order valence-electron chi connectivity index (χ0n) is 12.7. The first-order chi connectivity index (χ1) is 8.92. The average molecular weight is 272 g/mol. The van der Waals surface area contributed by atoms with E-state index in [2.05, 4.69) is 5.32 Å². The van der Waals surface area contributed by atoms with Gasteiger partial charge in [-0.2, -0.15) is 0 Å². The SMILES string of the molecule is COCCN(CC1CCNCC1)C(=O)OC(C)(C)C. The highest BCUT2D eigenvalue weighted by molar-refractivity contribution is 5.68. The molecule has 1 rings (SSSR count). The third-order valence-corrected chi connectivity index (χ3v) is 3.15. The predicted octanol–water partition coefficient (Wildman–Crippen LogP) is 1.87. The Morgan fingerprint density at radius 3 is 2.47 bits per heavy atom. The molecule has 1 amide bonds. The number of hydrogen-bond acceptors (Lipinski definition) is 4. The third kappa shape index (κ3) is 6.78. The largest absolute Gasteiger partial charge is 0.444 e. The standard InChI is InChI=1S/C14H28N2O3/c1-14(2,3)19-13(17)16(9-10-18-4)11-12-5-7-15-8-6-12/h12,15H,5-11H2,1-4H3. The number of methoxy groups -OCH3 is 1. The smallest absolute Gasteiger partial charge is 0.410 e. The van der Waals surface area contributed by atoms with Crippen LogP contribution in [0.1, 0.15) is 33.6 Å². The molecule has 0 aromatic carbocycles. The second-order valence-electron chi connectivity index (χ2n) is 6.11. The highest BCUT2D eigenvalue weighted by atomic mass is 16.6. The van der Waals surface area contributed by atoms with Gasteiger partial charge in [-0.1, -0.05) is 0 Å². The molecule has 1 aliphatic heterocycles. The summed E-state index contributed by atoms with van der Waals surface area (Å²) in [5.74, 6) is 0.561. The van der Waals surface area contributed by atoms with Gasteiger partial charge in [0.15, 0.2) is 0 Å². The topological polar surface area (TPSA) is 50.8 Å². The summed E-state index contributed by atoms with van der Waals surface area (Å²) in [6.45, 7) is 9.66. The van der Waals surface area contributed by atoms with Crippen LogP contribution in [0.5, 0.6) is 0 Å². The Kier molecular flexibility index (Phi) is 6.58. The Morgan fingerprint density at radius 1 is 1.32 bits per heavy atom. The van der Waals surface area contributed by atoms with E-state index in [1.807, 2.05) is 20.8 Å². The number of carbonyl (C=O) groups is 1. The van der Waals surface area contributed by atoms with Crippen LogP contribution < -0.4 is 5.32 Å². The van der Waals surface area contributed by atoms with Crippen LogP contribution >= 0.6 is 0 Å². The molecular weight excluding hydrogens is 244 g/mol. The minimum atomic E-state index is -0.448. The summed E-state index contributed by atoms with van der Waals surface area (Å²) in [5, 5.41) is 3.34. The zero-order chi connectivity index (χ0) is 14.3. The Labute approximate surface area is 116 Å². The van der Waals surface area contributed by atoms with E-state index < -0.39 is 5.60 Å². The molecule has 1 fully saturated rings. The van der Waals surface area contributed by atoms with Crippen molar-refractivity contribution in [3.63, 3.8) is 0 Å². The molecule has 0 atom stereocenters.